The van der Waals surface area contributed by atoms with Crippen LogP contribution in [0, 0.1) is 5.92 Å². The maximum Gasteiger partial charge on any atom is 0.224 e. The van der Waals surface area contributed by atoms with Gasteiger partial charge in [-0.3, -0.25) is 4.79 Å². The number of nitrogens with two attached hydrogens (primary N) is 1. The molecular weight excluding hydrogens is 302 g/mol. The molecule has 0 bridgehead atoms. The largest absolute Gasteiger partial charge is 0.441 e. The topological polar surface area (TPSA) is 81.2 Å². The van der Waals surface area contributed by atoms with Crippen LogP contribution < -0.4 is 11.1 Å². The van der Waals surface area contributed by atoms with Gasteiger partial charge in [-0.05, 0) is 37.0 Å². The molecule has 22 heavy (non-hydrogen) atoms. The van der Waals surface area contributed by atoms with Crippen LogP contribution in [0.15, 0.2) is 22.6 Å². The zero-order chi connectivity index (χ0) is 14.8. The van der Waals surface area contributed by atoms with Crippen molar-refractivity contribution in [2.24, 2.45) is 11.7 Å². The predicted octanol–water partition coefficient (Wildman–Crippen LogP) is 3.27. The van der Waals surface area contributed by atoms with Crippen molar-refractivity contribution >= 4 is 35.1 Å². The number of amides is 1. The van der Waals surface area contributed by atoms with Gasteiger partial charge < -0.3 is 15.5 Å². The molecule has 1 aromatic carbocycles. The molecule has 1 fully saturated rings. The molecule has 1 aliphatic rings. The Bertz CT molecular complexity index is 656. The number of anilines is 1. The number of fused-ring (bicyclic) bond motifs is 1. The number of aromatic nitrogens is 1. The molecule has 0 radical (unpaired) electrons. The molecule has 2 aromatic rings. The average molecular weight is 324 g/mol. The predicted molar refractivity (Wildman–Crippen MR) is 89.2 cm³/mol. The van der Waals surface area contributed by atoms with E-state index in [0.717, 1.165) is 42.5 Å². The van der Waals surface area contributed by atoms with Gasteiger partial charge in [-0.1, -0.05) is 13.3 Å². The number of halogens is 1. The lowest BCUT2D eigenvalue weighted by Gasteiger charge is -2.14. The number of hydrogen-bond donors (Lipinski definition) is 2. The van der Waals surface area contributed by atoms with E-state index in [9.17, 15) is 4.79 Å². The highest BCUT2D eigenvalue weighted by Crippen LogP contribution is 2.27. The minimum Gasteiger partial charge on any atom is -0.441 e. The first-order valence-corrected chi connectivity index (χ1v) is 7.60. The standard InChI is InChI=1S/C16H21N3O2.ClH/c1-2-16-19-13-9-11(6-7-14(13)21-16)18-15(20)8-10-4-3-5-12(10)17;/h6-7,9-10,12H,2-5,8,17H2,1H3,(H,18,20);1H/t10-,12+;/m0./s1. The monoisotopic (exact) mass is 323 g/mol. The Morgan fingerprint density at radius 2 is 2.27 bits per heavy atom. The van der Waals surface area contributed by atoms with Crippen molar-refractivity contribution in [2.45, 2.75) is 45.1 Å². The summed E-state index contributed by atoms with van der Waals surface area (Å²) >= 11 is 0. The van der Waals surface area contributed by atoms with E-state index in [2.05, 4.69) is 10.3 Å². The van der Waals surface area contributed by atoms with Crippen LogP contribution in [0.4, 0.5) is 5.69 Å². The quantitative estimate of drug-likeness (QED) is 0.904. The SMILES string of the molecule is CCc1nc2cc(NC(=O)C[C@@H]3CCC[C@H]3N)ccc2o1.Cl. The lowest BCUT2D eigenvalue weighted by atomic mass is 10.00. The van der Waals surface area contributed by atoms with Gasteiger partial charge in [0.05, 0.1) is 0 Å². The van der Waals surface area contributed by atoms with Gasteiger partial charge in [-0.25, -0.2) is 4.98 Å². The first-order chi connectivity index (χ1) is 10.2. The summed E-state index contributed by atoms with van der Waals surface area (Å²) < 4.78 is 5.56. The van der Waals surface area contributed by atoms with Crippen LogP contribution >= 0.6 is 12.4 Å². The summed E-state index contributed by atoms with van der Waals surface area (Å²) in [6.45, 7) is 2.00. The van der Waals surface area contributed by atoms with E-state index in [1.165, 1.54) is 0 Å². The number of aryl methyl sites for hydroxylation is 1. The van der Waals surface area contributed by atoms with E-state index in [4.69, 9.17) is 10.2 Å². The Hall–Kier alpha value is -1.59. The molecule has 1 aliphatic carbocycles. The Morgan fingerprint density at radius 3 is 2.95 bits per heavy atom. The minimum absolute atomic E-state index is 0. The van der Waals surface area contributed by atoms with Gasteiger partial charge >= 0.3 is 0 Å². The highest BCUT2D eigenvalue weighted by atomic mass is 35.5. The van der Waals surface area contributed by atoms with Crippen molar-refractivity contribution in [1.82, 2.24) is 4.98 Å². The van der Waals surface area contributed by atoms with Crippen LogP contribution in [0.25, 0.3) is 11.1 Å². The van der Waals surface area contributed by atoms with E-state index in [-0.39, 0.29) is 24.4 Å². The maximum atomic E-state index is 12.1. The fraction of sp³-hybridized carbons (Fsp3) is 0.500. The summed E-state index contributed by atoms with van der Waals surface area (Å²) in [4.78, 5) is 16.5. The zero-order valence-electron chi connectivity index (χ0n) is 12.7. The maximum absolute atomic E-state index is 12.1. The molecule has 6 heteroatoms. The molecule has 0 saturated heterocycles. The Morgan fingerprint density at radius 1 is 1.45 bits per heavy atom. The summed E-state index contributed by atoms with van der Waals surface area (Å²) in [6.07, 6.45) is 4.47. The van der Waals surface area contributed by atoms with Crippen LogP contribution in [0.3, 0.4) is 0 Å². The number of benzene rings is 1. The summed E-state index contributed by atoms with van der Waals surface area (Å²) in [5.74, 6) is 1.05. The molecule has 120 valence electrons. The smallest absolute Gasteiger partial charge is 0.224 e. The lowest BCUT2D eigenvalue weighted by molar-refractivity contribution is -0.117. The van der Waals surface area contributed by atoms with E-state index >= 15 is 0 Å². The van der Waals surface area contributed by atoms with Crippen LogP contribution in [0.5, 0.6) is 0 Å². The molecule has 0 aliphatic heterocycles. The molecule has 1 heterocycles. The van der Waals surface area contributed by atoms with Gasteiger partial charge in [0.25, 0.3) is 0 Å². The molecule has 2 atom stereocenters. The second-order valence-corrected chi connectivity index (χ2v) is 5.75. The van der Waals surface area contributed by atoms with Crippen molar-refractivity contribution < 1.29 is 9.21 Å². The van der Waals surface area contributed by atoms with Crippen molar-refractivity contribution in [3.8, 4) is 0 Å². The van der Waals surface area contributed by atoms with Gasteiger partial charge in [0, 0.05) is 24.6 Å². The Labute approximate surface area is 136 Å². The Kier molecular flexibility index (Phi) is 5.42. The van der Waals surface area contributed by atoms with Crippen LogP contribution in [0.2, 0.25) is 0 Å². The summed E-state index contributed by atoms with van der Waals surface area (Å²) in [7, 11) is 0. The highest BCUT2D eigenvalue weighted by Gasteiger charge is 2.26. The first kappa shape index (κ1) is 16.8. The number of nitrogens with zero attached hydrogens (tertiary/aromatic N) is 1. The van der Waals surface area contributed by atoms with E-state index in [1.54, 1.807) is 0 Å². The zero-order valence-corrected chi connectivity index (χ0v) is 13.5. The third-order valence-corrected chi connectivity index (χ3v) is 4.18. The van der Waals surface area contributed by atoms with E-state index in [1.807, 2.05) is 25.1 Å². The van der Waals surface area contributed by atoms with Crippen LogP contribution in [-0.2, 0) is 11.2 Å². The fourth-order valence-corrected chi connectivity index (χ4v) is 2.97. The third kappa shape index (κ3) is 3.59. The lowest BCUT2D eigenvalue weighted by Crippen LogP contribution is -2.28. The molecule has 1 aromatic heterocycles. The first-order valence-electron chi connectivity index (χ1n) is 7.60. The number of oxazole rings is 1. The normalized spacial score (nSPS) is 20.8. The van der Waals surface area contributed by atoms with Gasteiger partial charge in [-0.15, -0.1) is 12.4 Å². The van der Waals surface area contributed by atoms with Crippen molar-refractivity contribution in [1.29, 1.82) is 0 Å². The molecular formula is C16H22ClN3O2. The third-order valence-electron chi connectivity index (χ3n) is 4.18. The molecule has 0 spiro atoms. The molecule has 3 N–H and O–H groups in total. The molecule has 1 saturated carbocycles. The van der Waals surface area contributed by atoms with Gasteiger partial charge in [0.2, 0.25) is 5.91 Å². The second-order valence-electron chi connectivity index (χ2n) is 5.75. The molecule has 1 amide bonds. The number of nitrogens with one attached hydrogen (secondary N) is 1. The Balaban J connectivity index is 0.00000176. The average Bonchev–Trinajstić information content (AvgIpc) is 3.05. The summed E-state index contributed by atoms with van der Waals surface area (Å²) in [5, 5.41) is 2.93. The summed E-state index contributed by atoms with van der Waals surface area (Å²) in [5.41, 5.74) is 8.30. The molecule has 3 rings (SSSR count). The number of hydrogen-bond acceptors (Lipinski definition) is 4. The highest BCUT2D eigenvalue weighted by molar-refractivity contribution is 5.93. The van der Waals surface area contributed by atoms with Crippen LogP contribution in [0.1, 0.15) is 38.5 Å². The van der Waals surface area contributed by atoms with E-state index in [0.29, 0.717) is 18.2 Å². The van der Waals surface area contributed by atoms with Crippen molar-refractivity contribution in [2.75, 3.05) is 5.32 Å². The van der Waals surface area contributed by atoms with Crippen molar-refractivity contribution in [3.63, 3.8) is 0 Å². The van der Waals surface area contributed by atoms with Gasteiger partial charge in [0.15, 0.2) is 11.5 Å². The number of carbonyl (C=O) groups excluding carboxylic acids is 1. The molecule has 5 nitrogen and oxygen atoms in total. The second kappa shape index (κ2) is 7.11. The van der Waals surface area contributed by atoms with Gasteiger partial charge in [0.1, 0.15) is 5.52 Å². The summed E-state index contributed by atoms with van der Waals surface area (Å²) in [6, 6.07) is 5.71. The fourth-order valence-electron chi connectivity index (χ4n) is 2.97. The molecule has 0 unspecified atom stereocenters. The number of carbonyl (C=O) groups is 1. The number of rotatable bonds is 4. The minimum atomic E-state index is 0. The van der Waals surface area contributed by atoms with Gasteiger partial charge in [-0.2, -0.15) is 0 Å². The van der Waals surface area contributed by atoms with Crippen LogP contribution in [-0.4, -0.2) is 16.9 Å². The van der Waals surface area contributed by atoms with E-state index < -0.39 is 0 Å². The van der Waals surface area contributed by atoms with Crippen molar-refractivity contribution in [3.05, 3.63) is 24.1 Å².